The fourth-order valence-corrected chi connectivity index (χ4v) is 2.02. The fourth-order valence-electron chi connectivity index (χ4n) is 1.42. The maximum atomic E-state index is 11.7. The largest absolute Gasteiger partial charge is 0.399 e. The Bertz CT molecular complexity index is 432. The lowest BCUT2D eigenvalue weighted by Crippen LogP contribution is -2.20. The van der Waals surface area contributed by atoms with Crippen molar-refractivity contribution in [3.05, 3.63) is 22.2 Å². The molecule has 1 aromatic rings. The SMILES string of the molecule is CCCOCCOCC(=O)Nc1c(Cl)cc(N)cc1Cl. The molecule has 1 amide bonds. The third-order valence-electron chi connectivity index (χ3n) is 2.28. The van der Waals surface area contributed by atoms with Crippen molar-refractivity contribution in [2.45, 2.75) is 13.3 Å². The van der Waals surface area contributed by atoms with Crippen molar-refractivity contribution >= 4 is 40.5 Å². The summed E-state index contributed by atoms with van der Waals surface area (Å²) in [6, 6.07) is 3.03. The second-order valence-electron chi connectivity index (χ2n) is 4.07. The van der Waals surface area contributed by atoms with Crippen LogP contribution in [0.4, 0.5) is 11.4 Å². The number of ether oxygens (including phenoxy) is 2. The highest BCUT2D eigenvalue weighted by Gasteiger charge is 2.11. The molecule has 1 rings (SSSR count). The average Bonchev–Trinajstić information content (AvgIpc) is 2.38. The summed E-state index contributed by atoms with van der Waals surface area (Å²) in [4.78, 5) is 11.7. The molecule has 0 radical (unpaired) electrons. The molecule has 0 heterocycles. The van der Waals surface area contributed by atoms with Gasteiger partial charge in [0.15, 0.2) is 0 Å². The van der Waals surface area contributed by atoms with Crippen LogP contribution in [0.2, 0.25) is 10.0 Å². The number of rotatable bonds is 8. The maximum Gasteiger partial charge on any atom is 0.250 e. The molecule has 1 aromatic carbocycles. The average molecular weight is 321 g/mol. The molecule has 0 aliphatic rings. The van der Waals surface area contributed by atoms with Crippen LogP contribution in [0.25, 0.3) is 0 Å². The van der Waals surface area contributed by atoms with Gasteiger partial charge in [-0.3, -0.25) is 4.79 Å². The van der Waals surface area contributed by atoms with E-state index in [0.29, 0.717) is 31.2 Å². The molecule has 0 aliphatic carbocycles. The van der Waals surface area contributed by atoms with Crippen molar-refractivity contribution < 1.29 is 14.3 Å². The predicted octanol–water partition coefficient (Wildman–Crippen LogP) is 2.96. The van der Waals surface area contributed by atoms with Crippen LogP contribution in [0, 0.1) is 0 Å². The Hall–Kier alpha value is -1.01. The number of benzene rings is 1. The molecule has 0 unspecified atom stereocenters. The number of nitrogens with two attached hydrogens (primary N) is 1. The molecule has 112 valence electrons. The minimum atomic E-state index is -0.339. The lowest BCUT2D eigenvalue weighted by atomic mass is 10.3. The summed E-state index contributed by atoms with van der Waals surface area (Å²) in [5.41, 5.74) is 6.34. The summed E-state index contributed by atoms with van der Waals surface area (Å²) >= 11 is 11.9. The second-order valence-corrected chi connectivity index (χ2v) is 4.89. The Morgan fingerprint density at radius 3 is 2.40 bits per heavy atom. The Morgan fingerprint density at radius 2 is 1.80 bits per heavy atom. The van der Waals surface area contributed by atoms with E-state index in [4.69, 9.17) is 38.4 Å². The van der Waals surface area contributed by atoms with Crippen LogP contribution in [-0.2, 0) is 14.3 Å². The summed E-state index contributed by atoms with van der Waals surface area (Å²) in [5, 5.41) is 3.16. The van der Waals surface area contributed by atoms with E-state index in [1.807, 2.05) is 6.92 Å². The van der Waals surface area contributed by atoms with E-state index in [-0.39, 0.29) is 22.6 Å². The monoisotopic (exact) mass is 320 g/mol. The molecule has 0 aliphatic heterocycles. The van der Waals surface area contributed by atoms with Crippen LogP contribution in [0.5, 0.6) is 0 Å². The topological polar surface area (TPSA) is 73.6 Å². The minimum Gasteiger partial charge on any atom is -0.399 e. The van der Waals surface area contributed by atoms with E-state index in [2.05, 4.69) is 5.32 Å². The Kier molecular flexibility index (Phi) is 7.69. The summed E-state index contributed by atoms with van der Waals surface area (Å²) in [6.07, 6.45) is 0.953. The third kappa shape index (κ3) is 5.96. The number of carbonyl (C=O) groups is 1. The molecular weight excluding hydrogens is 303 g/mol. The zero-order valence-corrected chi connectivity index (χ0v) is 12.8. The summed E-state index contributed by atoms with van der Waals surface area (Å²) in [7, 11) is 0. The molecule has 0 saturated carbocycles. The lowest BCUT2D eigenvalue weighted by molar-refractivity contribution is -0.121. The number of hydrogen-bond acceptors (Lipinski definition) is 4. The van der Waals surface area contributed by atoms with Gasteiger partial charge in [-0.05, 0) is 18.6 Å². The van der Waals surface area contributed by atoms with E-state index in [1.54, 1.807) is 0 Å². The van der Waals surface area contributed by atoms with Gasteiger partial charge < -0.3 is 20.5 Å². The molecule has 0 bridgehead atoms. The number of carbonyl (C=O) groups excluding carboxylic acids is 1. The molecule has 0 spiro atoms. The first-order chi connectivity index (χ1) is 9.54. The highest BCUT2D eigenvalue weighted by Crippen LogP contribution is 2.32. The number of hydrogen-bond donors (Lipinski definition) is 2. The van der Waals surface area contributed by atoms with Gasteiger partial charge in [0, 0.05) is 12.3 Å². The number of nitrogens with one attached hydrogen (secondary N) is 1. The van der Waals surface area contributed by atoms with Crippen molar-refractivity contribution in [3.63, 3.8) is 0 Å². The van der Waals surface area contributed by atoms with E-state index in [9.17, 15) is 4.79 Å². The van der Waals surface area contributed by atoms with Crippen LogP contribution < -0.4 is 11.1 Å². The number of anilines is 2. The van der Waals surface area contributed by atoms with Crippen molar-refractivity contribution in [1.29, 1.82) is 0 Å². The number of halogens is 2. The standard InChI is InChI=1S/C13H18Cl2N2O3/c1-2-3-19-4-5-20-8-12(18)17-13-10(14)6-9(16)7-11(13)15/h6-7H,2-5,8,16H2,1H3,(H,17,18). The van der Waals surface area contributed by atoms with E-state index >= 15 is 0 Å². The summed E-state index contributed by atoms with van der Waals surface area (Å²) in [6.45, 7) is 3.44. The Balaban J connectivity index is 2.36. The van der Waals surface area contributed by atoms with Gasteiger partial charge in [0.2, 0.25) is 5.91 Å². The van der Waals surface area contributed by atoms with Crippen molar-refractivity contribution in [3.8, 4) is 0 Å². The van der Waals surface area contributed by atoms with Crippen molar-refractivity contribution in [1.82, 2.24) is 0 Å². The van der Waals surface area contributed by atoms with E-state index in [1.165, 1.54) is 12.1 Å². The van der Waals surface area contributed by atoms with Crippen LogP contribution >= 0.6 is 23.2 Å². The van der Waals surface area contributed by atoms with Crippen LogP contribution in [0.15, 0.2) is 12.1 Å². The molecule has 5 nitrogen and oxygen atoms in total. The first-order valence-corrected chi connectivity index (χ1v) is 7.00. The van der Waals surface area contributed by atoms with Crippen LogP contribution in [0.1, 0.15) is 13.3 Å². The van der Waals surface area contributed by atoms with E-state index < -0.39 is 0 Å². The third-order valence-corrected chi connectivity index (χ3v) is 2.88. The van der Waals surface area contributed by atoms with E-state index in [0.717, 1.165) is 6.42 Å². The highest BCUT2D eigenvalue weighted by atomic mass is 35.5. The van der Waals surface area contributed by atoms with Crippen molar-refractivity contribution in [2.24, 2.45) is 0 Å². The number of amides is 1. The molecule has 20 heavy (non-hydrogen) atoms. The van der Waals surface area contributed by atoms with Gasteiger partial charge in [-0.1, -0.05) is 30.1 Å². The zero-order chi connectivity index (χ0) is 15.0. The van der Waals surface area contributed by atoms with Gasteiger partial charge >= 0.3 is 0 Å². The molecule has 7 heteroatoms. The Morgan fingerprint density at radius 1 is 1.20 bits per heavy atom. The number of nitrogen functional groups attached to an aromatic ring is 1. The summed E-state index contributed by atoms with van der Waals surface area (Å²) in [5.74, 6) is -0.339. The molecule has 0 fully saturated rings. The zero-order valence-electron chi connectivity index (χ0n) is 11.2. The predicted molar refractivity (Wildman–Crippen MR) is 81.4 cm³/mol. The quantitative estimate of drug-likeness (QED) is 0.570. The fraction of sp³-hybridized carbons (Fsp3) is 0.462. The maximum absolute atomic E-state index is 11.7. The lowest BCUT2D eigenvalue weighted by Gasteiger charge is -2.10. The molecule has 0 aromatic heterocycles. The van der Waals surface area contributed by atoms with Gasteiger partial charge in [-0.25, -0.2) is 0 Å². The molecule has 0 saturated heterocycles. The Labute approximate surface area is 128 Å². The van der Waals surface area contributed by atoms with Gasteiger partial charge in [0.25, 0.3) is 0 Å². The molecule has 0 atom stereocenters. The van der Waals surface area contributed by atoms with Gasteiger partial charge in [-0.15, -0.1) is 0 Å². The summed E-state index contributed by atoms with van der Waals surface area (Å²) < 4.78 is 10.4. The van der Waals surface area contributed by atoms with Gasteiger partial charge in [0.1, 0.15) is 6.61 Å². The first-order valence-electron chi connectivity index (χ1n) is 6.24. The first kappa shape index (κ1) is 17.0. The van der Waals surface area contributed by atoms with Gasteiger partial charge in [-0.2, -0.15) is 0 Å². The normalized spacial score (nSPS) is 10.6. The highest BCUT2D eigenvalue weighted by molar-refractivity contribution is 6.40. The van der Waals surface area contributed by atoms with Crippen molar-refractivity contribution in [2.75, 3.05) is 37.5 Å². The van der Waals surface area contributed by atoms with Gasteiger partial charge in [0.05, 0.1) is 28.9 Å². The molecular formula is C13H18Cl2N2O3. The minimum absolute atomic E-state index is 0.0908. The van der Waals surface area contributed by atoms with Crippen LogP contribution in [0.3, 0.4) is 0 Å². The van der Waals surface area contributed by atoms with Crippen LogP contribution in [-0.4, -0.2) is 32.3 Å². The molecule has 3 N–H and O–H groups in total. The second kappa shape index (κ2) is 9.02. The smallest absolute Gasteiger partial charge is 0.250 e.